The second-order valence-electron chi connectivity index (χ2n) is 7.45. The molecule has 1 saturated carbocycles. The summed E-state index contributed by atoms with van der Waals surface area (Å²) in [6, 6.07) is 5.40. The Bertz CT molecular complexity index is 866. The molecule has 0 unspecified atom stereocenters. The Morgan fingerprint density at radius 1 is 1.33 bits per heavy atom. The second kappa shape index (κ2) is 6.92. The van der Waals surface area contributed by atoms with Crippen molar-refractivity contribution in [2.45, 2.75) is 56.7 Å². The van der Waals surface area contributed by atoms with Crippen LogP contribution in [0.1, 0.15) is 49.4 Å². The summed E-state index contributed by atoms with van der Waals surface area (Å²) in [5, 5.41) is 13.8. The molecule has 8 heteroatoms. The average Bonchev–Trinajstić information content (AvgIpc) is 3.31. The van der Waals surface area contributed by atoms with E-state index in [-0.39, 0.29) is 29.5 Å². The molecule has 2 fully saturated rings. The Morgan fingerprint density at radius 2 is 2.15 bits per heavy atom. The number of carbonyl (C=O) groups excluding carboxylic acids is 2. The molecular formula is C19H25N5O3. The van der Waals surface area contributed by atoms with Crippen LogP contribution in [0.2, 0.25) is 0 Å². The maximum atomic E-state index is 13.2. The number of fused-ring (bicyclic) bond motifs is 2. The number of likely N-dealkylation sites (tertiary alicyclic amines) is 1. The molecule has 1 aliphatic heterocycles. The van der Waals surface area contributed by atoms with Gasteiger partial charge >= 0.3 is 0 Å². The number of benzene rings is 1. The molecular weight excluding hydrogens is 346 g/mol. The van der Waals surface area contributed by atoms with Crippen LogP contribution in [0.4, 0.5) is 0 Å². The number of hydrogen-bond acceptors (Lipinski definition) is 5. The van der Waals surface area contributed by atoms with Gasteiger partial charge in [0, 0.05) is 31.7 Å². The van der Waals surface area contributed by atoms with E-state index in [0.717, 1.165) is 31.2 Å². The first-order chi connectivity index (χ1) is 13.1. The van der Waals surface area contributed by atoms with Gasteiger partial charge in [-0.3, -0.25) is 9.59 Å². The van der Waals surface area contributed by atoms with Gasteiger partial charge < -0.3 is 15.0 Å². The van der Waals surface area contributed by atoms with Crippen LogP contribution in [0.25, 0.3) is 11.0 Å². The number of nitrogens with zero attached hydrogens (tertiary/aromatic N) is 3. The van der Waals surface area contributed by atoms with Gasteiger partial charge in [0.1, 0.15) is 11.0 Å². The van der Waals surface area contributed by atoms with Crippen molar-refractivity contribution < 1.29 is 14.3 Å². The van der Waals surface area contributed by atoms with E-state index >= 15 is 0 Å². The molecule has 1 aliphatic carbocycles. The Balaban J connectivity index is 1.58. The van der Waals surface area contributed by atoms with Gasteiger partial charge in [-0.2, -0.15) is 15.4 Å². The summed E-state index contributed by atoms with van der Waals surface area (Å²) in [5.41, 5.74) is 1.69. The third-order valence-electron chi connectivity index (χ3n) is 6.10. The quantitative estimate of drug-likeness (QED) is 0.851. The lowest BCUT2D eigenvalue weighted by atomic mass is 9.78. The minimum Gasteiger partial charge on any atom is -0.376 e. The van der Waals surface area contributed by atoms with Gasteiger partial charge in [0.05, 0.1) is 11.6 Å². The first-order valence-electron chi connectivity index (χ1n) is 9.52. The third kappa shape index (κ3) is 3.07. The number of carbonyl (C=O) groups is 2. The van der Waals surface area contributed by atoms with Crippen molar-refractivity contribution in [1.82, 2.24) is 25.6 Å². The van der Waals surface area contributed by atoms with Gasteiger partial charge in [0.2, 0.25) is 5.91 Å². The topological polar surface area (TPSA) is 100 Å². The number of hydrogen-bond donors (Lipinski definition) is 2. The van der Waals surface area contributed by atoms with E-state index in [4.69, 9.17) is 4.74 Å². The Morgan fingerprint density at radius 3 is 2.93 bits per heavy atom. The highest BCUT2D eigenvalue weighted by molar-refractivity contribution is 5.97. The molecule has 2 heterocycles. The summed E-state index contributed by atoms with van der Waals surface area (Å²) in [6.45, 7) is 2.51. The highest BCUT2D eigenvalue weighted by Gasteiger charge is 2.52. The highest BCUT2D eigenvalue weighted by atomic mass is 16.5. The van der Waals surface area contributed by atoms with Crippen molar-refractivity contribution in [3.63, 3.8) is 0 Å². The zero-order valence-electron chi connectivity index (χ0n) is 15.7. The minimum absolute atomic E-state index is 0.0220. The van der Waals surface area contributed by atoms with Crippen molar-refractivity contribution in [3.05, 3.63) is 23.8 Å². The van der Waals surface area contributed by atoms with Crippen LogP contribution in [-0.4, -0.2) is 63.5 Å². The minimum atomic E-state index is -0.318. The van der Waals surface area contributed by atoms with Crippen LogP contribution < -0.4 is 5.32 Å². The summed E-state index contributed by atoms with van der Waals surface area (Å²) in [7, 11) is 1.73. The zero-order chi connectivity index (χ0) is 19.0. The molecule has 3 atom stereocenters. The van der Waals surface area contributed by atoms with Crippen molar-refractivity contribution in [3.8, 4) is 0 Å². The van der Waals surface area contributed by atoms with E-state index in [2.05, 4.69) is 20.7 Å². The monoisotopic (exact) mass is 371 g/mol. The van der Waals surface area contributed by atoms with E-state index in [1.807, 2.05) is 11.8 Å². The summed E-state index contributed by atoms with van der Waals surface area (Å²) >= 11 is 0. The summed E-state index contributed by atoms with van der Waals surface area (Å²) in [6.07, 6.45) is 3.73. The number of ether oxygens (including phenoxy) is 1. The van der Waals surface area contributed by atoms with Crippen molar-refractivity contribution in [2.75, 3.05) is 13.7 Å². The fourth-order valence-corrected chi connectivity index (χ4v) is 4.54. The van der Waals surface area contributed by atoms with Crippen molar-refractivity contribution >= 4 is 22.8 Å². The number of amides is 2. The number of aromatic amines is 1. The van der Waals surface area contributed by atoms with E-state index in [1.54, 1.807) is 25.3 Å². The van der Waals surface area contributed by atoms with E-state index in [9.17, 15) is 9.59 Å². The van der Waals surface area contributed by atoms with Crippen LogP contribution in [-0.2, 0) is 9.53 Å². The van der Waals surface area contributed by atoms with Crippen LogP contribution in [0, 0.1) is 0 Å². The molecule has 2 amide bonds. The maximum absolute atomic E-state index is 13.2. The van der Waals surface area contributed by atoms with Gasteiger partial charge in [-0.15, -0.1) is 0 Å². The molecule has 0 spiro atoms. The molecule has 144 valence electrons. The van der Waals surface area contributed by atoms with Crippen molar-refractivity contribution in [1.29, 1.82) is 0 Å². The molecule has 1 aromatic carbocycles. The van der Waals surface area contributed by atoms with Gasteiger partial charge in [0.25, 0.3) is 5.91 Å². The average molecular weight is 371 g/mol. The molecule has 0 bridgehead atoms. The number of H-pyrrole nitrogens is 1. The molecule has 0 radical (unpaired) electrons. The smallest absolute Gasteiger partial charge is 0.254 e. The summed E-state index contributed by atoms with van der Waals surface area (Å²) in [4.78, 5) is 27.0. The van der Waals surface area contributed by atoms with Gasteiger partial charge in [-0.25, -0.2) is 0 Å². The van der Waals surface area contributed by atoms with Crippen LogP contribution in [0.3, 0.4) is 0 Å². The fourth-order valence-electron chi connectivity index (χ4n) is 4.54. The molecule has 2 N–H and O–H groups in total. The van der Waals surface area contributed by atoms with E-state index in [0.29, 0.717) is 24.0 Å². The van der Waals surface area contributed by atoms with Crippen molar-refractivity contribution in [2.24, 2.45) is 0 Å². The Labute approximate surface area is 157 Å². The molecule has 1 saturated heterocycles. The normalized spacial score (nSPS) is 27.6. The third-order valence-corrected chi connectivity index (χ3v) is 6.10. The predicted molar refractivity (Wildman–Crippen MR) is 99.1 cm³/mol. The van der Waals surface area contributed by atoms with E-state index in [1.165, 1.54) is 0 Å². The maximum Gasteiger partial charge on any atom is 0.254 e. The highest BCUT2D eigenvalue weighted by Crippen LogP contribution is 2.43. The van der Waals surface area contributed by atoms with Crippen LogP contribution in [0.5, 0.6) is 0 Å². The van der Waals surface area contributed by atoms with Crippen LogP contribution in [0.15, 0.2) is 18.2 Å². The van der Waals surface area contributed by atoms with Crippen LogP contribution >= 0.6 is 0 Å². The lowest BCUT2D eigenvalue weighted by Gasteiger charge is -2.43. The van der Waals surface area contributed by atoms with Gasteiger partial charge in [0.15, 0.2) is 0 Å². The Kier molecular flexibility index (Phi) is 4.59. The number of aromatic nitrogens is 3. The molecule has 4 rings (SSSR count). The Hall–Kier alpha value is -2.48. The van der Waals surface area contributed by atoms with Gasteiger partial charge in [-0.1, -0.05) is 6.92 Å². The first kappa shape index (κ1) is 17.9. The lowest BCUT2D eigenvalue weighted by molar-refractivity contribution is -0.122. The zero-order valence-corrected chi connectivity index (χ0v) is 15.7. The molecule has 2 aromatic rings. The van der Waals surface area contributed by atoms with Gasteiger partial charge in [-0.05, 0) is 43.9 Å². The molecule has 8 nitrogen and oxygen atoms in total. The fraction of sp³-hybridized carbons (Fsp3) is 0.579. The second-order valence-corrected chi connectivity index (χ2v) is 7.45. The van der Waals surface area contributed by atoms with E-state index < -0.39 is 0 Å². The summed E-state index contributed by atoms with van der Waals surface area (Å²) < 4.78 is 5.92. The SMILES string of the molecule is CCC(=O)N[C@@H]1CC[C@@]2(OC)CCN(C(=O)c3ccc4n[nH]nc4c3)[C@H]2C1. The molecule has 27 heavy (non-hydrogen) atoms. The standard InChI is InChI=1S/C19H25N5O3/c1-3-17(25)20-13-6-7-19(27-2)8-9-24(16(19)11-13)18(26)12-4-5-14-15(10-12)22-23-21-14/h4-5,10,13,16H,3,6-9,11H2,1-2H3,(H,20,25)(H,21,22,23)/t13-,16+,19-/m1/s1. The number of methoxy groups -OCH3 is 1. The largest absolute Gasteiger partial charge is 0.376 e. The predicted octanol–water partition coefficient (Wildman–Crippen LogP) is 1.64. The first-order valence-corrected chi connectivity index (χ1v) is 9.52. The molecule has 2 aliphatic rings. The number of nitrogens with one attached hydrogen (secondary N) is 2. The summed E-state index contributed by atoms with van der Waals surface area (Å²) in [5.74, 6) is 0.0311. The lowest BCUT2D eigenvalue weighted by Crippen LogP contribution is -2.55. The number of rotatable bonds is 4. The molecule has 1 aromatic heterocycles.